The molecular weight excluding hydrogens is 232 g/mol. The van der Waals surface area contributed by atoms with Gasteiger partial charge in [0.1, 0.15) is 0 Å². The van der Waals surface area contributed by atoms with Crippen molar-refractivity contribution < 1.29 is 19.4 Å². The van der Waals surface area contributed by atoms with Crippen LogP contribution in [0.4, 0.5) is 0 Å². The molecule has 88 valence electrons. The third kappa shape index (κ3) is 2.79. The molecule has 0 saturated carbocycles. The van der Waals surface area contributed by atoms with Crippen LogP contribution in [0.1, 0.15) is 24.2 Å². The summed E-state index contributed by atoms with van der Waals surface area (Å²) in [7, 11) is 1.45. The van der Waals surface area contributed by atoms with Crippen molar-refractivity contribution in [2.45, 2.75) is 20.0 Å². The van der Waals surface area contributed by atoms with Crippen molar-refractivity contribution in [1.82, 2.24) is 0 Å². The summed E-state index contributed by atoms with van der Waals surface area (Å²) in [4.78, 5) is 10.8. The number of carboxylic acid groups (broad SMARTS) is 1. The fourth-order valence-electron chi connectivity index (χ4n) is 1.20. The Hall–Kier alpha value is -1.42. The number of halogens is 1. The molecule has 0 aliphatic carbocycles. The van der Waals surface area contributed by atoms with Gasteiger partial charge in [-0.25, -0.2) is 4.79 Å². The highest BCUT2D eigenvalue weighted by Crippen LogP contribution is 2.33. The molecule has 0 atom stereocenters. The van der Waals surface area contributed by atoms with E-state index < -0.39 is 5.97 Å². The first kappa shape index (κ1) is 12.6. The van der Waals surface area contributed by atoms with Crippen molar-refractivity contribution in [2.24, 2.45) is 0 Å². The van der Waals surface area contributed by atoms with E-state index in [4.69, 9.17) is 26.2 Å². The van der Waals surface area contributed by atoms with E-state index in [0.717, 1.165) is 0 Å². The first-order valence-electron chi connectivity index (χ1n) is 4.73. The van der Waals surface area contributed by atoms with Crippen LogP contribution in [0, 0.1) is 0 Å². The molecule has 0 amide bonds. The van der Waals surface area contributed by atoms with Gasteiger partial charge in [-0.2, -0.15) is 0 Å². The molecule has 1 aromatic rings. The van der Waals surface area contributed by atoms with Crippen LogP contribution in [0.15, 0.2) is 12.1 Å². The zero-order valence-corrected chi connectivity index (χ0v) is 10.0. The van der Waals surface area contributed by atoms with Gasteiger partial charge in [-0.05, 0) is 19.9 Å². The Morgan fingerprint density at radius 1 is 1.38 bits per heavy atom. The van der Waals surface area contributed by atoms with Gasteiger partial charge in [0.05, 0.1) is 23.8 Å². The van der Waals surface area contributed by atoms with Crippen molar-refractivity contribution in [3.8, 4) is 11.5 Å². The molecular formula is C11H13ClO4. The van der Waals surface area contributed by atoms with E-state index in [2.05, 4.69) is 0 Å². The highest BCUT2D eigenvalue weighted by Gasteiger charge is 2.15. The van der Waals surface area contributed by atoms with Crippen LogP contribution >= 0.6 is 11.6 Å². The predicted octanol–water partition coefficient (Wildman–Crippen LogP) is 2.83. The number of methoxy groups -OCH3 is 1. The minimum Gasteiger partial charge on any atom is -0.493 e. The topological polar surface area (TPSA) is 55.8 Å². The molecule has 0 radical (unpaired) electrons. The lowest BCUT2D eigenvalue weighted by molar-refractivity contribution is 0.0696. The Morgan fingerprint density at radius 2 is 2.00 bits per heavy atom. The fourth-order valence-corrected chi connectivity index (χ4v) is 1.44. The first-order valence-corrected chi connectivity index (χ1v) is 5.11. The molecule has 0 spiro atoms. The second-order valence-electron chi connectivity index (χ2n) is 3.45. The number of ether oxygens (including phenoxy) is 2. The van der Waals surface area contributed by atoms with Crippen LogP contribution in [0.2, 0.25) is 5.02 Å². The number of carbonyl (C=O) groups is 1. The lowest BCUT2D eigenvalue weighted by Crippen LogP contribution is -2.08. The van der Waals surface area contributed by atoms with Gasteiger partial charge in [0.15, 0.2) is 11.5 Å². The number of hydrogen-bond donors (Lipinski definition) is 1. The van der Waals surface area contributed by atoms with Crippen molar-refractivity contribution >= 4 is 17.6 Å². The van der Waals surface area contributed by atoms with Gasteiger partial charge < -0.3 is 14.6 Å². The molecule has 0 heterocycles. The molecule has 0 aromatic heterocycles. The van der Waals surface area contributed by atoms with Gasteiger partial charge in [-0.15, -0.1) is 0 Å². The second kappa shape index (κ2) is 5.07. The molecule has 0 fully saturated rings. The summed E-state index contributed by atoms with van der Waals surface area (Å²) in [5.74, 6) is -0.303. The van der Waals surface area contributed by atoms with E-state index in [1.807, 2.05) is 13.8 Å². The quantitative estimate of drug-likeness (QED) is 0.885. The van der Waals surface area contributed by atoms with E-state index in [0.29, 0.717) is 11.5 Å². The molecule has 16 heavy (non-hydrogen) atoms. The monoisotopic (exact) mass is 244 g/mol. The van der Waals surface area contributed by atoms with Crippen LogP contribution in [0.25, 0.3) is 0 Å². The lowest BCUT2D eigenvalue weighted by Gasteiger charge is -2.14. The van der Waals surface area contributed by atoms with Gasteiger partial charge in [-0.3, -0.25) is 0 Å². The van der Waals surface area contributed by atoms with E-state index in [9.17, 15) is 4.79 Å². The largest absolute Gasteiger partial charge is 0.493 e. The molecule has 5 heteroatoms. The van der Waals surface area contributed by atoms with E-state index in [1.54, 1.807) is 0 Å². The average Bonchev–Trinajstić information content (AvgIpc) is 2.16. The molecule has 1 rings (SSSR count). The van der Waals surface area contributed by atoms with E-state index >= 15 is 0 Å². The molecule has 1 N–H and O–H groups in total. The summed E-state index contributed by atoms with van der Waals surface area (Å²) in [6.45, 7) is 3.72. The van der Waals surface area contributed by atoms with Gasteiger partial charge in [-0.1, -0.05) is 11.6 Å². The van der Waals surface area contributed by atoms with Crippen molar-refractivity contribution in [1.29, 1.82) is 0 Å². The molecule has 1 aromatic carbocycles. The fraction of sp³-hybridized carbons (Fsp3) is 0.364. The maximum atomic E-state index is 10.8. The molecule has 0 saturated heterocycles. The molecule has 0 aliphatic heterocycles. The Kier molecular flexibility index (Phi) is 4.01. The highest BCUT2D eigenvalue weighted by molar-refractivity contribution is 6.33. The summed E-state index contributed by atoms with van der Waals surface area (Å²) in [6, 6.07) is 2.80. The normalized spacial score (nSPS) is 10.3. The van der Waals surface area contributed by atoms with Gasteiger partial charge in [0.2, 0.25) is 0 Å². The Labute approximate surface area is 98.7 Å². The predicted molar refractivity (Wildman–Crippen MR) is 60.7 cm³/mol. The molecule has 4 nitrogen and oxygen atoms in total. The third-order valence-corrected chi connectivity index (χ3v) is 2.16. The Balaban J connectivity index is 3.21. The van der Waals surface area contributed by atoms with Gasteiger partial charge in [0, 0.05) is 6.07 Å². The lowest BCUT2D eigenvalue weighted by atomic mass is 10.2. The van der Waals surface area contributed by atoms with Gasteiger partial charge >= 0.3 is 5.97 Å². The summed E-state index contributed by atoms with van der Waals surface area (Å²) in [5, 5.41) is 9.01. The third-order valence-electron chi connectivity index (χ3n) is 1.85. The van der Waals surface area contributed by atoms with Gasteiger partial charge in [0.25, 0.3) is 0 Å². The second-order valence-corrected chi connectivity index (χ2v) is 3.86. The maximum absolute atomic E-state index is 10.8. The van der Waals surface area contributed by atoms with Crippen LogP contribution in [0.5, 0.6) is 11.5 Å². The summed E-state index contributed by atoms with van der Waals surface area (Å²) >= 11 is 5.82. The first-order chi connectivity index (χ1) is 7.45. The van der Waals surface area contributed by atoms with Crippen molar-refractivity contribution in [2.75, 3.05) is 7.11 Å². The minimum atomic E-state index is -1.10. The van der Waals surface area contributed by atoms with Crippen LogP contribution in [-0.2, 0) is 0 Å². The average molecular weight is 245 g/mol. The zero-order valence-electron chi connectivity index (χ0n) is 9.28. The highest BCUT2D eigenvalue weighted by atomic mass is 35.5. The summed E-state index contributed by atoms with van der Waals surface area (Å²) in [6.07, 6.45) is -0.0411. The Bertz CT molecular complexity index is 401. The van der Waals surface area contributed by atoms with Crippen LogP contribution < -0.4 is 9.47 Å². The van der Waals surface area contributed by atoms with Crippen LogP contribution in [-0.4, -0.2) is 24.3 Å². The minimum absolute atomic E-state index is 0.00498. The summed E-state index contributed by atoms with van der Waals surface area (Å²) in [5.41, 5.74) is -0.00498. The number of hydrogen-bond acceptors (Lipinski definition) is 3. The molecule has 0 bridgehead atoms. The number of carboxylic acids is 1. The maximum Gasteiger partial charge on any atom is 0.337 e. The van der Waals surface area contributed by atoms with Crippen molar-refractivity contribution in [3.63, 3.8) is 0 Å². The SMILES string of the molecule is COc1cc(C(=O)O)c(Cl)cc1OC(C)C. The standard InChI is InChI=1S/C11H13ClO4/c1-6(2)16-10-5-8(12)7(11(13)14)4-9(10)15-3/h4-6H,1-3H3,(H,13,14). The molecule has 0 unspecified atom stereocenters. The van der Waals surface area contributed by atoms with E-state index in [1.165, 1.54) is 19.2 Å². The van der Waals surface area contributed by atoms with Crippen molar-refractivity contribution in [3.05, 3.63) is 22.7 Å². The number of aromatic carboxylic acids is 1. The number of benzene rings is 1. The zero-order chi connectivity index (χ0) is 12.3. The summed E-state index contributed by atoms with van der Waals surface area (Å²) < 4.78 is 10.5. The molecule has 0 aliphatic rings. The smallest absolute Gasteiger partial charge is 0.337 e. The van der Waals surface area contributed by atoms with Crippen LogP contribution in [0.3, 0.4) is 0 Å². The number of rotatable bonds is 4. The Morgan fingerprint density at radius 3 is 2.44 bits per heavy atom. The van der Waals surface area contributed by atoms with E-state index in [-0.39, 0.29) is 16.7 Å².